The van der Waals surface area contributed by atoms with E-state index in [0.717, 1.165) is 18.2 Å². The number of sulfonamides is 1. The summed E-state index contributed by atoms with van der Waals surface area (Å²) in [4.78, 5) is 34.4. The highest BCUT2D eigenvalue weighted by Gasteiger charge is 2.22. The third-order valence-electron chi connectivity index (χ3n) is 2.85. The summed E-state index contributed by atoms with van der Waals surface area (Å²) < 4.78 is 43.6. The quantitative estimate of drug-likeness (QED) is 0.574. The summed E-state index contributed by atoms with van der Waals surface area (Å²) in [5.74, 6) is -2.66. The van der Waals surface area contributed by atoms with Crippen LogP contribution in [0.5, 0.6) is 0 Å². The lowest BCUT2D eigenvalue weighted by molar-refractivity contribution is -0.153. The van der Waals surface area contributed by atoms with E-state index in [0.29, 0.717) is 0 Å². The summed E-state index contributed by atoms with van der Waals surface area (Å²) in [6.07, 6.45) is -1.32. The van der Waals surface area contributed by atoms with Crippen LogP contribution in [0.25, 0.3) is 0 Å². The topological polar surface area (TPSA) is 131 Å². The number of hydrogen-bond acceptors (Lipinski definition) is 6. The van der Waals surface area contributed by atoms with Gasteiger partial charge >= 0.3 is 12.0 Å². The van der Waals surface area contributed by atoms with Crippen molar-refractivity contribution >= 4 is 27.9 Å². The number of imide groups is 1. The fourth-order valence-electron chi connectivity index (χ4n) is 1.68. The number of benzene rings is 1. The van der Waals surface area contributed by atoms with E-state index in [1.54, 1.807) is 13.8 Å². The van der Waals surface area contributed by atoms with Gasteiger partial charge in [-0.15, -0.1) is 0 Å². The fraction of sp³-hybridized carbons (Fsp3) is 0.400. The summed E-state index contributed by atoms with van der Waals surface area (Å²) >= 11 is 0. The maximum Gasteiger partial charge on any atom is 0.321 e. The largest absolute Gasteiger partial charge is 0.452 e. The van der Waals surface area contributed by atoms with Gasteiger partial charge in [0.25, 0.3) is 5.91 Å². The summed E-state index contributed by atoms with van der Waals surface area (Å²) in [6.45, 7) is 3.84. The highest BCUT2D eigenvalue weighted by atomic mass is 32.2. The average molecular weight is 389 g/mol. The molecule has 11 heteroatoms. The number of ether oxygens (including phenoxy) is 1. The van der Waals surface area contributed by atoms with Crippen LogP contribution in [0.15, 0.2) is 29.2 Å². The molecule has 0 aliphatic heterocycles. The normalized spacial score (nSPS) is 12.3. The summed E-state index contributed by atoms with van der Waals surface area (Å²) in [5, 5.41) is 4.39. The van der Waals surface area contributed by atoms with Crippen molar-refractivity contribution < 1.29 is 31.9 Å². The first-order chi connectivity index (χ1) is 12.0. The van der Waals surface area contributed by atoms with Gasteiger partial charge in [-0.2, -0.15) is 4.72 Å². The lowest BCUT2D eigenvalue weighted by Crippen LogP contribution is -2.47. The van der Waals surface area contributed by atoms with Gasteiger partial charge in [0, 0.05) is 6.04 Å². The molecule has 0 fully saturated rings. The number of carbonyl (C=O) groups is 3. The minimum absolute atomic E-state index is 0.196. The van der Waals surface area contributed by atoms with Gasteiger partial charge in [0.15, 0.2) is 6.10 Å². The zero-order valence-electron chi connectivity index (χ0n) is 14.4. The third-order valence-corrected chi connectivity index (χ3v) is 4.25. The average Bonchev–Trinajstić information content (AvgIpc) is 2.52. The standard InChI is InChI=1S/C15H20FN3O6S/c1-9(2)18-15(22)19-14(21)10(3)25-13(20)8-17-26(23,24)12-6-4-5-11(16)7-12/h4-7,9-10,17H,8H2,1-3H3,(H2,18,19,21,22)/t10-/m1/s1. The van der Waals surface area contributed by atoms with Crippen molar-refractivity contribution in [3.8, 4) is 0 Å². The van der Waals surface area contributed by atoms with Gasteiger partial charge in [-0.25, -0.2) is 17.6 Å². The zero-order chi connectivity index (χ0) is 19.9. The molecule has 1 aromatic rings. The molecule has 26 heavy (non-hydrogen) atoms. The molecule has 144 valence electrons. The minimum atomic E-state index is -4.12. The number of halogens is 1. The fourth-order valence-corrected chi connectivity index (χ4v) is 2.68. The molecule has 0 heterocycles. The van der Waals surface area contributed by atoms with Gasteiger partial charge in [0.05, 0.1) is 4.90 Å². The lowest BCUT2D eigenvalue weighted by atomic mass is 10.3. The molecular formula is C15H20FN3O6S. The van der Waals surface area contributed by atoms with E-state index in [2.05, 4.69) is 5.32 Å². The second kappa shape index (κ2) is 9.25. The number of carbonyl (C=O) groups excluding carboxylic acids is 3. The Morgan fingerprint density at radius 2 is 1.85 bits per heavy atom. The third kappa shape index (κ3) is 7.15. The number of esters is 1. The van der Waals surface area contributed by atoms with E-state index < -0.39 is 46.4 Å². The van der Waals surface area contributed by atoms with Crippen LogP contribution < -0.4 is 15.4 Å². The molecule has 0 radical (unpaired) electrons. The maximum absolute atomic E-state index is 13.1. The molecule has 0 saturated carbocycles. The molecule has 0 aliphatic rings. The second-order valence-electron chi connectivity index (χ2n) is 5.53. The highest BCUT2D eigenvalue weighted by molar-refractivity contribution is 7.89. The Kier molecular flexibility index (Phi) is 7.65. The Labute approximate surface area is 150 Å². The highest BCUT2D eigenvalue weighted by Crippen LogP contribution is 2.09. The van der Waals surface area contributed by atoms with Crippen LogP contribution in [0.2, 0.25) is 0 Å². The Morgan fingerprint density at radius 3 is 2.42 bits per heavy atom. The predicted molar refractivity (Wildman–Crippen MR) is 89.0 cm³/mol. The molecule has 1 aromatic carbocycles. The first-order valence-corrected chi connectivity index (χ1v) is 9.05. The number of hydrogen-bond donors (Lipinski definition) is 3. The van der Waals surface area contributed by atoms with Crippen LogP contribution in [0, 0.1) is 5.82 Å². The summed E-state index contributed by atoms with van der Waals surface area (Å²) in [7, 11) is -4.12. The molecule has 0 spiro atoms. The second-order valence-corrected chi connectivity index (χ2v) is 7.30. The molecule has 1 atom stereocenters. The van der Waals surface area contributed by atoms with E-state index in [1.165, 1.54) is 13.0 Å². The minimum Gasteiger partial charge on any atom is -0.452 e. The van der Waals surface area contributed by atoms with Gasteiger partial charge in [-0.3, -0.25) is 14.9 Å². The molecule has 0 aliphatic carbocycles. The van der Waals surface area contributed by atoms with Gasteiger partial charge in [0.1, 0.15) is 12.4 Å². The Morgan fingerprint density at radius 1 is 1.19 bits per heavy atom. The van der Waals surface area contributed by atoms with Crippen molar-refractivity contribution in [2.45, 2.75) is 37.8 Å². The molecule has 0 saturated heterocycles. The van der Waals surface area contributed by atoms with Crippen molar-refractivity contribution in [3.63, 3.8) is 0 Å². The molecule has 9 nitrogen and oxygen atoms in total. The van der Waals surface area contributed by atoms with Gasteiger partial charge in [-0.1, -0.05) is 6.07 Å². The van der Waals surface area contributed by atoms with E-state index >= 15 is 0 Å². The number of urea groups is 1. The van der Waals surface area contributed by atoms with Crippen LogP contribution in [-0.4, -0.2) is 45.0 Å². The van der Waals surface area contributed by atoms with Crippen molar-refractivity contribution in [1.82, 2.24) is 15.4 Å². The van der Waals surface area contributed by atoms with Gasteiger partial charge in [-0.05, 0) is 39.0 Å². The summed E-state index contributed by atoms with van der Waals surface area (Å²) in [5.41, 5.74) is 0. The molecule has 3 amide bonds. The molecule has 3 N–H and O–H groups in total. The van der Waals surface area contributed by atoms with E-state index in [1.807, 2.05) is 10.0 Å². The Balaban J connectivity index is 2.53. The molecule has 1 rings (SSSR count). The van der Waals surface area contributed by atoms with E-state index in [-0.39, 0.29) is 10.9 Å². The zero-order valence-corrected chi connectivity index (χ0v) is 15.2. The molecule has 0 aromatic heterocycles. The van der Waals surface area contributed by atoms with Crippen molar-refractivity contribution in [1.29, 1.82) is 0 Å². The van der Waals surface area contributed by atoms with Crippen molar-refractivity contribution in [2.75, 3.05) is 6.54 Å². The number of nitrogens with one attached hydrogen (secondary N) is 3. The Hall–Kier alpha value is -2.53. The van der Waals surface area contributed by atoms with E-state index in [9.17, 15) is 27.2 Å². The predicted octanol–water partition coefficient (Wildman–Crippen LogP) is 0.270. The van der Waals surface area contributed by atoms with Gasteiger partial charge in [0.2, 0.25) is 10.0 Å². The SMILES string of the molecule is CC(C)NC(=O)NC(=O)[C@@H](C)OC(=O)CNS(=O)(=O)c1cccc(F)c1. The first-order valence-electron chi connectivity index (χ1n) is 7.57. The molecule has 0 unspecified atom stereocenters. The lowest BCUT2D eigenvalue weighted by Gasteiger charge is -2.14. The number of amides is 3. The van der Waals surface area contributed by atoms with Crippen LogP contribution in [-0.2, 0) is 24.3 Å². The van der Waals surface area contributed by atoms with E-state index in [4.69, 9.17) is 4.74 Å². The van der Waals surface area contributed by atoms with Crippen LogP contribution >= 0.6 is 0 Å². The Bertz CT molecular complexity index is 781. The van der Waals surface area contributed by atoms with Crippen LogP contribution in [0.3, 0.4) is 0 Å². The van der Waals surface area contributed by atoms with Crippen LogP contribution in [0.4, 0.5) is 9.18 Å². The monoisotopic (exact) mass is 389 g/mol. The van der Waals surface area contributed by atoms with Gasteiger partial charge < -0.3 is 10.1 Å². The molecule has 0 bridgehead atoms. The van der Waals surface area contributed by atoms with Crippen molar-refractivity contribution in [3.05, 3.63) is 30.1 Å². The maximum atomic E-state index is 13.1. The summed E-state index contributed by atoms with van der Waals surface area (Å²) in [6, 6.07) is 3.27. The van der Waals surface area contributed by atoms with Crippen molar-refractivity contribution in [2.24, 2.45) is 0 Å². The number of rotatable bonds is 7. The molecular weight excluding hydrogens is 369 g/mol. The van der Waals surface area contributed by atoms with Crippen LogP contribution in [0.1, 0.15) is 20.8 Å². The first kappa shape index (κ1) is 21.5. The smallest absolute Gasteiger partial charge is 0.321 e.